The number of benzene rings is 2. The molecule has 1 unspecified atom stereocenters. The Morgan fingerprint density at radius 1 is 1.18 bits per heavy atom. The highest BCUT2D eigenvalue weighted by molar-refractivity contribution is 6.13. The lowest BCUT2D eigenvalue weighted by atomic mass is 9.92. The van der Waals surface area contributed by atoms with Crippen molar-refractivity contribution in [1.29, 1.82) is 0 Å². The Hall–Kier alpha value is -3.61. The van der Waals surface area contributed by atoms with Gasteiger partial charge in [-0.05, 0) is 23.8 Å². The van der Waals surface area contributed by atoms with Crippen molar-refractivity contribution in [2.24, 2.45) is 5.16 Å². The molecule has 7 heteroatoms. The molecule has 2 aliphatic heterocycles. The second-order valence-corrected chi connectivity index (χ2v) is 6.80. The van der Waals surface area contributed by atoms with Gasteiger partial charge in [0.05, 0.1) is 23.3 Å². The molecule has 0 fully saturated rings. The molecule has 1 amide bonds. The summed E-state index contributed by atoms with van der Waals surface area (Å²) in [6, 6.07) is 13.9. The summed E-state index contributed by atoms with van der Waals surface area (Å²) >= 11 is 0. The lowest BCUT2D eigenvalue weighted by Gasteiger charge is -2.42. The first-order valence-electron chi connectivity index (χ1n) is 9.15. The van der Waals surface area contributed by atoms with E-state index in [9.17, 15) is 4.79 Å². The highest BCUT2D eigenvalue weighted by Crippen LogP contribution is 2.39. The van der Waals surface area contributed by atoms with Crippen molar-refractivity contribution in [2.45, 2.75) is 12.6 Å². The maximum Gasteiger partial charge on any atom is 0.255 e. The molecule has 2 aromatic carbocycles. The number of nitrogens with zero attached hydrogens (tertiary/aromatic N) is 4. The van der Waals surface area contributed by atoms with E-state index < -0.39 is 0 Å². The number of anilines is 1. The van der Waals surface area contributed by atoms with Crippen LogP contribution in [0.1, 0.15) is 34.1 Å². The second-order valence-electron chi connectivity index (χ2n) is 6.80. The van der Waals surface area contributed by atoms with Crippen LogP contribution < -0.4 is 10.2 Å². The van der Waals surface area contributed by atoms with E-state index in [0.717, 1.165) is 41.2 Å². The van der Waals surface area contributed by atoms with Crippen LogP contribution in [0, 0.1) is 0 Å². The molecule has 0 saturated carbocycles. The average molecular weight is 373 g/mol. The zero-order chi connectivity index (χ0) is 19.1. The monoisotopic (exact) mass is 373 g/mol. The fourth-order valence-electron chi connectivity index (χ4n) is 3.99. The Kier molecular flexibility index (Phi) is 3.86. The molecule has 0 bridgehead atoms. The summed E-state index contributed by atoms with van der Waals surface area (Å²) in [4.78, 5) is 24.1. The van der Waals surface area contributed by atoms with Gasteiger partial charge >= 0.3 is 0 Å². The van der Waals surface area contributed by atoms with Crippen LogP contribution in [-0.2, 0) is 4.84 Å². The van der Waals surface area contributed by atoms with Gasteiger partial charge in [0.15, 0.2) is 0 Å². The highest BCUT2D eigenvalue weighted by Gasteiger charge is 2.37. The number of aromatic nitrogens is 2. The van der Waals surface area contributed by atoms with Crippen LogP contribution >= 0.6 is 0 Å². The first kappa shape index (κ1) is 16.6. The van der Waals surface area contributed by atoms with Gasteiger partial charge in [0.25, 0.3) is 5.91 Å². The van der Waals surface area contributed by atoms with Crippen molar-refractivity contribution >= 4 is 17.3 Å². The van der Waals surface area contributed by atoms with Gasteiger partial charge in [-0.25, -0.2) is 4.98 Å². The van der Waals surface area contributed by atoms with Crippen molar-refractivity contribution in [3.05, 3.63) is 77.9 Å². The van der Waals surface area contributed by atoms with Gasteiger partial charge in [0.1, 0.15) is 13.3 Å². The molecular formula is C21H19N5O2. The fraction of sp³-hybridized carbons (Fsp3) is 0.190. The van der Waals surface area contributed by atoms with Crippen LogP contribution in [0.25, 0.3) is 5.69 Å². The highest BCUT2D eigenvalue weighted by atomic mass is 16.6. The lowest BCUT2D eigenvalue weighted by molar-refractivity contribution is 0.0926. The summed E-state index contributed by atoms with van der Waals surface area (Å²) in [7, 11) is 1.55. The summed E-state index contributed by atoms with van der Waals surface area (Å²) in [5.74, 6) is -0.0737. The molecule has 0 radical (unpaired) electrons. The number of rotatable bonds is 3. The Bertz CT molecular complexity index is 1060. The van der Waals surface area contributed by atoms with E-state index in [1.54, 1.807) is 19.6 Å². The van der Waals surface area contributed by atoms with Crippen LogP contribution in [0.2, 0.25) is 0 Å². The molecule has 3 aromatic rings. The fourth-order valence-corrected chi connectivity index (χ4v) is 3.99. The normalized spacial score (nSPS) is 19.3. The summed E-state index contributed by atoms with van der Waals surface area (Å²) in [5.41, 5.74) is 5.49. The molecule has 0 spiro atoms. The molecule has 0 aliphatic carbocycles. The van der Waals surface area contributed by atoms with Gasteiger partial charge < -0.3 is 19.6 Å². The van der Waals surface area contributed by atoms with Crippen LogP contribution in [0.3, 0.4) is 0 Å². The zero-order valence-corrected chi connectivity index (χ0v) is 15.4. The number of hydrogen-bond donors (Lipinski definition) is 1. The van der Waals surface area contributed by atoms with Crippen molar-refractivity contribution in [2.75, 3.05) is 18.6 Å². The standard InChI is InChI=1S/C21H19N5O2/c1-28-24-18-9-11-26-19-16(18)3-2-4-17(19)21(27)23-20(26)14-5-7-15(8-6-14)25-12-10-22-13-25/h2-8,10,12-13,20H,9,11H2,1H3,(H,23,27)/b24-18-. The number of amides is 1. The number of oxime groups is 1. The zero-order valence-electron chi connectivity index (χ0n) is 15.4. The van der Waals surface area contributed by atoms with E-state index in [0.29, 0.717) is 5.56 Å². The topological polar surface area (TPSA) is 71.8 Å². The van der Waals surface area contributed by atoms with E-state index in [2.05, 4.69) is 20.4 Å². The minimum atomic E-state index is -0.220. The molecule has 2 aliphatic rings. The molecule has 1 atom stereocenters. The molecule has 0 saturated heterocycles. The number of hydrogen-bond acceptors (Lipinski definition) is 5. The maximum atomic E-state index is 12.8. The predicted octanol–water partition coefficient (Wildman–Crippen LogP) is 2.88. The van der Waals surface area contributed by atoms with Crippen LogP contribution in [0.4, 0.5) is 5.69 Å². The van der Waals surface area contributed by atoms with Crippen LogP contribution in [0.5, 0.6) is 0 Å². The third-order valence-electron chi connectivity index (χ3n) is 5.26. The van der Waals surface area contributed by atoms with Gasteiger partial charge in [0, 0.05) is 36.6 Å². The SMILES string of the molecule is CO/N=C1/CCN2c3c(cccc31)C(=O)NC2c1ccc(-n2ccnc2)cc1. The summed E-state index contributed by atoms with van der Waals surface area (Å²) in [5, 5.41) is 7.32. The van der Waals surface area contributed by atoms with Crippen molar-refractivity contribution in [1.82, 2.24) is 14.9 Å². The first-order chi connectivity index (χ1) is 13.8. The van der Waals surface area contributed by atoms with Gasteiger partial charge in [-0.15, -0.1) is 0 Å². The van der Waals surface area contributed by atoms with E-state index in [1.807, 2.05) is 53.2 Å². The quantitative estimate of drug-likeness (QED) is 0.717. The molecule has 1 N–H and O–H groups in total. The van der Waals surface area contributed by atoms with E-state index >= 15 is 0 Å². The van der Waals surface area contributed by atoms with Gasteiger partial charge in [-0.2, -0.15) is 0 Å². The summed E-state index contributed by atoms with van der Waals surface area (Å²) < 4.78 is 1.95. The minimum Gasteiger partial charge on any atom is -0.399 e. The second kappa shape index (κ2) is 6.53. The molecule has 140 valence electrons. The van der Waals surface area contributed by atoms with Crippen molar-refractivity contribution in [3.63, 3.8) is 0 Å². The number of imidazole rings is 1. The summed E-state index contributed by atoms with van der Waals surface area (Å²) in [6.07, 6.45) is 5.95. The Morgan fingerprint density at radius 2 is 2.00 bits per heavy atom. The van der Waals surface area contributed by atoms with E-state index in [-0.39, 0.29) is 12.1 Å². The molecule has 7 nitrogen and oxygen atoms in total. The summed E-state index contributed by atoms with van der Waals surface area (Å²) in [6.45, 7) is 0.750. The Balaban J connectivity index is 1.56. The van der Waals surface area contributed by atoms with Crippen LogP contribution in [-0.4, -0.2) is 34.8 Å². The third kappa shape index (κ3) is 2.55. The van der Waals surface area contributed by atoms with Crippen LogP contribution in [0.15, 0.2) is 66.3 Å². The van der Waals surface area contributed by atoms with Crippen molar-refractivity contribution < 1.29 is 9.63 Å². The number of para-hydroxylation sites is 1. The smallest absolute Gasteiger partial charge is 0.255 e. The largest absolute Gasteiger partial charge is 0.399 e. The Morgan fingerprint density at radius 3 is 2.75 bits per heavy atom. The third-order valence-corrected chi connectivity index (χ3v) is 5.26. The number of carbonyl (C=O) groups is 1. The lowest BCUT2D eigenvalue weighted by Crippen LogP contribution is -2.49. The molecular weight excluding hydrogens is 354 g/mol. The van der Waals surface area contributed by atoms with Gasteiger partial charge in [-0.3, -0.25) is 4.79 Å². The minimum absolute atomic E-state index is 0.0737. The van der Waals surface area contributed by atoms with Gasteiger partial charge in [0.2, 0.25) is 0 Å². The van der Waals surface area contributed by atoms with Gasteiger partial charge in [-0.1, -0.05) is 29.4 Å². The molecule has 1 aromatic heterocycles. The average Bonchev–Trinajstić information content (AvgIpc) is 3.27. The van der Waals surface area contributed by atoms with E-state index in [1.165, 1.54) is 0 Å². The predicted molar refractivity (Wildman–Crippen MR) is 106 cm³/mol. The maximum absolute atomic E-state index is 12.8. The van der Waals surface area contributed by atoms with E-state index in [4.69, 9.17) is 4.84 Å². The Labute approximate surface area is 162 Å². The number of carbonyl (C=O) groups excluding carboxylic acids is 1. The van der Waals surface area contributed by atoms with Crippen molar-refractivity contribution in [3.8, 4) is 5.69 Å². The molecule has 5 rings (SSSR count). The molecule has 28 heavy (non-hydrogen) atoms. The first-order valence-corrected chi connectivity index (χ1v) is 9.15. The number of nitrogens with one attached hydrogen (secondary N) is 1. The molecule has 3 heterocycles.